The van der Waals surface area contributed by atoms with E-state index in [0.717, 1.165) is 12.1 Å². The molecule has 106 valence electrons. The Balaban J connectivity index is 2.39. The predicted octanol–water partition coefficient (Wildman–Crippen LogP) is -0.758. The summed E-state index contributed by atoms with van der Waals surface area (Å²) in [7, 11) is -4.14. The maximum atomic E-state index is 12.2. The summed E-state index contributed by atoms with van der Waals surface area (Å²) in [6.45, 7) is -1.01. The van der Waals surface area contributed by atoms with Crippen molar-refractivity contribution in [2.75, 3.05) is 13.1 Å². The predicted molar refractivity (Wildman–Crippen MR) is 65.0 cm³/mol. The van der Waals surface area contributed by atoms with Crippen LogP contribution in [0.25, 0.3) is 0 Å². The number of non-ortho nitro benzene ring substituents is 1. The highest BCUT2D eigenvalue weighted by Gasteiger charge is 2.33. The molecule has 0 spiro atoms. The Labute approximate surface area is 113 Å². The first kappa shape index (κ1) is 14.1. The zero-order valence-corrected chi connectivity index (χ0v) is 10.8. The third-order valence-electron chi connectivity index (χ3n) is 2.58. The molecule has 2 rings (SSSR count). The lowest BCUT2D eigenvalue weighted by atomic mass is 10.3. The van der Waals surface area contributed by atoms with Crippen LogP contribution in [0, 0.1) is 10.1 Å². The van der Waals surface area contributed by atoms with Gasteiger partial charge in [0.2, 0.25) is 21.8 Å². The summed E-state index contributed by atoms with van der Waals surface area (Å²) in [6, 6.07) is 4.41. The van der Waals surface area contributed by atoms with E-state index in [0.29, 0.717) is 4.31 Å². The summed E-state index contributed by atoms with van der Waals surface area (Å²) >= 11 is 0. The van der Waals surface area contributed by atoms with E-state index in [9.17, 15) is 28.1 Å². The van der Waals surface area contributed by atoms with Gasteiger partial charge in [0.05, 0.1) is 22.9 Å². The number of carbonyl (C=O) groups excluding carboxylic acids is 2. The molecule has 0 atom stereocenters. The van der Waals surface area contributed by atoms with Gasteiger partial charge in [-0.2, -0.15) is 4.31 Å². The van der Waals surface area contributed by atoms with Crippen molar-refractivity contribution < 1.29 is 22.9 Å². The number of amides is 2. The van der Waals surface area contributed by atoms with Gasteiger partial charge in [0.25, 0.3) is 5.69 Å². The molecule has 1 N–H and O–H groups in total. The number of imide groups is 1. The Morgan fingerprint density at radius 2 is 1.80 bits per heavy atom. The first-order chi connectivity index (χ1) is 9.30. The molecule has 1 aromatic rings. The maximum Gasteiger partial charge on any atom is 0.270 e. The van der Waals surface area contributed by atoms with Crippen molar-refractivity contribution in [3.63, 3.8) is 0 Å². The average molecular weight is 299 g/mol. The Bertz CT molecular complexity index is 683. The van der Waals surface area contributed by atoms with Crippen molar-refractivity contribution in [2.24, 2.45) is 0 Å². The minimum absolute atomic E-state index is 0.339. The zero-order chi connectivity index (χ0) is 14.9. The summed E-state index contributed by atoms with van der Waals surface area (Å²) in [4.78, 5) is 32.0. The first-order valence-electron chi connectivity index (χ1n) is 5.38. The first-order valence-corrected chi connectivity index (χ1v) is 6.82. The fourth-order valence-electron chi connectivity index (χ4n) is 1.69. The van der Waals surface area contributed by atoms with E-state index in [2.05, 4.69) is 0 Å². The van der Waals surface area contributed by atoms with E-state index in [-0.39, 0.29) is 10.6 Å². The highest BCUT2D eigenvalue weighted by Crippen LogP contribution is 2.21. The van der Waals surface area contributed by atoms with Gasteiger partial charge in [0, 0.05) is 12.1 Å². The number of hydrogen-bond donors (Lipinski definition) is 1. The van der Waals surface area contributed by atoms with Gasteiger partial charge >= 0.3 is 0 Å². The normalized spacial score (nSPS) is 16.8. The second-order valence-electron chi connectivity index (χ2n) is 4.00. The van der Waals surface area contributed by atoms with Crippen LogP contribution in [0.2, 0.25) is 0 Å². The van der Waals surface area contributed by atoms with E-state index < -0.39 is 39.9 Å². The molecule has 1 heterocycles. The van der Waals surface area contributed by atoms with Crippen LogP contribution in [0.5, 0.6) is 0 Å². The smallest absolute Gasteiger partial charge is 0.270 e. The quantitative estimate of drug-likeness (QED) is 0.444. The molecule has 1 aliphatic heterocycles. The van der Waals surface area contributed by atoms with Crippen LogP contribution >= 0.6 is 0 Å². The second-order valence-corrected chi connectivity index (χ2v) is 5.94. The van der Waals surface area contributed by atoms with Crippen LogP contribution in [-0.2, 0) is 19.6 Å². The fraction of sp³-hybridized carbons (Fsp3) is 0.200. The van der Waals surface area contributed by atoms with Gasteiger partial charge in [-0.3, -0.25) is 25.0 Å². The Morgan fingerprint density at radius 1 is 1.20 bits per heavy atom. The number of sulfonamides is 1. The summed E-state index contributed by atoms with van der Waals surface area (Å²) in [5.41, 5.74) is -0.390. The Kier molecular flexibility index (Phi) is 3.51. The fourth-order valence-corrected chi connectivity index (χ4v) is 3.08. The lowest BCUT2D eigenvalue weighted by Crippen LogP contribution is -2.53. The van der Waals surface area contributed by atoms with Crippen molar-refractivity contribution in [2.45, 2.75) is 4.90 Å². The van der Waals surface area contributed by atoms with Crippen molar-refractivity contribution in [1.82, 2.24) is 9.62 Å². The van der Waals surface area contributed by atoms with Gasteiger partial charge < -0.3 is 0 Å². The molecule has 1 aliphatic rings. The molecular formula is C10H9N3O6S. The minimum Gasteiger partial charge on any atom is -0.294 e. The lowest BCUT2D eigenvalue weighted by Gasteiger charge is -2.24. The molecule has 0 radical (unpaired) electrons. The largest absolute Gasteiger partial charge is 0.294 e. The molecule has 2 amide bonds. The molecule has 10 heteroatoms. The number of nitro benzene ring substituents is 1. The van der Waals surface area contributed by atoms with Crippen molar-refractivity contribution in [3.05, 3.63) is 34.4 Å². The topological polar surface area (TPSA) is 127 Å². The molecule has 0 bridgehead atoms. The molecule has 0 aromatic heterocycles. The van der Waals surface area contributed by atoms with Crippen molar-refractivity contribution >= 4 is 27.5 Å². The average Bonchev–Trinajstić information content (AvgIpc) is 2.37. The van der Waals surface area contributed by atoms with Crippen LogP contribution < -0.4 is 5.32 Å². The molecule has 0 aliphatic carbocycles. The van der Waals surface area contributed by atoms with Gasteiger partial charge in [-0.25, -0.2) is 8.42 Å². The highest BCUT2D eigenvalue weighted by atomic mass is 32.2. The molecule has 9 nitrogen and oxygen atoms in total. The molecule has 1 saturated heterocycles. The van der Waals surface area contributed by atoms with E-state index in [1.165, 1.54) is 12.1 Å². The number of rotatable bonds is 3. The molecule has 20 heavy (non-hydrogen) atoms. The Morgan fingerprint density at radius 3 is 2.35 bits per heavy atom. The number of carbonyl (C=O) groups is 2. The zero-order valence-electron chi connectivity index (χ0n) is 9.98. The maximum absolute atomic E-state index is 12.2. The monoisotopic (exact) mass is 299 g/mol. The minimum atomic E-state index is -4.14. The number of hydrogen-bond acceptors (Lipinski definition) is 6. The third kappa shape index (κ3) is 2.65. The second kappa shape index (κ2) is 4.98. The van der Waals surface area contributed by atoms with Crippen LogP contribution in [0.15, 0.2) is 29.2 Å². The molecule has 0 saturated carbocycles. The van der Waals surface area contributed by atoms with Gasteiger partial charge in [-0.1, -0.05) is 6.07 Å². The number of benzene rings is 1. The number of nitrogens with zero attached hydrogens (tertiary/aromatic N) is 2. The molecule has 0 unspecified atom stereocenters. The summed E-state index contributed by atoms with van der Waals surface area (Å²) < 4.78 is 25.1. The summed E-state index contributed by atoms with van der Waals surface area (Å²) in [5, 5.41) is 12.6. The van der Waals surface area contributed by atoms with E-state index in [1.54, 1.807) is 0 Å². The van der Waals surface area contributed by atoms with Crippen molar-refractivity contribution in [1.29, 1.82) is 0 Å². The van der Waals surface area contributed by atoms with Crippen LogP contribution in [0.1, 0.15) is 0 Å². The number of nitro groups is 1. The van der Waals surface area contributed by atoms with Crippen LogP contribution in [-0.4, -0.2) is 42.6 Å². The number of piperazine rings is 1. The lowest BCUT2D eigenvalue weighted by molar-refractivity contribution is -0.385. The molecule has 1 aromatic carbocycles. The SMILES string of the molecule is O=C1CN(S(=O)(=O)c2cccc([N+](=O)[O-])c2)CC(=O)N1. The van der Waals surface area contributed by atoms with Gasteiger partial charge in [-0.15, -0.1) is 0 Å². The van der Waals surface area contributed by atoms with Crippen molar-refractivity contribution in [3.8, 4) is 0 Å². The summed E-state index contributed by atoms with van der Waals surface area (Å²) in [5.74, 6) is -1.48. The van der Waals surface area contributed by atoms with Gasteiger partial charge in [-0.05, 0) is 6.07 Å². The molecular weight excluding hydrogens is 290 g/mol. The van der Waals surface area contributed by atoms with E-state index in [1.807, 2.05) is 5.32 Å². The highest BCUT2D eigenvalue weighted by molar-refractivity contribution is 7.89. The van der Waals surface area contributed by atoms with E-state index >= 15 is 0 Å². The van der Waals surface area contributed by atoms with Crippen LogP contribution in [0.4, 0.5) is 5.69 Å². The van der Waals surface area contributed by atoms with E-state index in [4.69, 9.17) is 0 Å². The molecule has 1 fully saturated rings. The standard InChI is InChI=1S/C10H9N3O6S/c14-9-5-12(6-10(15)11-9)20(18,19)8-3-1-2-7(4-8)13(16)17/h1-4H,5-6H2,(H,11,14,15). The Hall–Kier alpha value is -2.33. The van der Waals surface area contributed by atoms with Crippen LogP contribution in [0.3, 0.4) is 0 Å². The van der Waals surface area contributed by atoms with Gasteiger partial charge in [0.15, 0.2) is 0 Å². The third-order valence-corrected chi connectivity index (χ3v) is 4.37. The number of nitrogens with one attached hydrogen (secondary N) is 1. The van der Waals surface area contributed by atoms with Gasteiger partial charge in [0.1, 0.15) is 0 Å². The summed E-state index contributed by atoms with van der Waals surface area (Å²) in [6.07, 6.45) is 0.